The molecule has 0 amide bonds. The van der Waals surface area contributed by atoms with Gasteiger partial charge in [-0.25, -0.2) is 0 Å². The second-order valence-corrected chi connectivity index (χ2v) is 6.48. The van der Waals surface area contributed by atoms with Crippen molar-refractivity contribution in [1.29, 1.82) is 0 Å². The van der Waals surface area contributed by atoms with Gasteiger partial charge in [0.15, 0.2) is 0 Å². The van der Waals surface area contributed by atoms with Crippen molar-refractivity contribution in [2.75, 3.05) is 31.2 Å². The molecule has 2 aliphatic heterocycles. The second-order valence-electron chi connectivity index (χ2n) is 5.26. The molecule has 0 radical (unpaired) electrons. The minimum Gasteiger partial charge on any atom is -0.493 e. The van der Waals surface area contributed by atoms with Gasteiger partial charge in [-0.15, -0.1) is 0 Å². The maximum absolute atomic E-state index is 5.71. The average molecular weight is 263 g/mol. The first kappa shape index (κ1) is 12.4. The Kier molecular flexibility index (Phi) is 4.11. The zero-order chi connectivity index (χ0) is 12.2. The van der Waals surface area contributed by atoms with E-state index in [0.29, 0.717) is 5.92 Å². The number of hydrogen-bond acceptors (Lipinski definition) is 3. The number of fused-ring (bicyclic) bond motifs is 1. The van der Waals surface area contributed by atoms with Crippen molar-refractivity contribution in [1.82, 2.24) is 5.32 Å². The van der Waals surface area contributed by atoms with Crippen molar-refractivity contribution in [3.8, 4) is 5.75 Å². The van der Waals surface area contributed by atoms with E-state index in [0.717, 1.165) is 24.8 Å². The largest absolute Gasteiger partial charge is 0.493 e. The van der Waals surface area contributed by atoms with Crippen LogP contribution in [0.5, 0.6) is 5.75 Å². The van der Waals surface area contributed by atoms with Gasteiger partial charge < -0.3 is 10.1 Å². The normalized spacial score (nSPS) is 23.7. The summed E-state index contributed by atoms with van der Waals surface area (Å²) in [7, 11) is 0. The van der Waals surface area contributed by atoms with Crippen LogP contribution in [0.25, 0.3) is 0 Å². The molecule has 0 aliphatic carbocycles. The Balaban J connectivity index is 1.47. The summed E-state index contributed by atoms with van der Waals surface area (Å²) in [5.41, 5.74) is 1.38. The quantitative estimate of drug-likeness (QED) is 0.902. The molecule has 2 nitrogen and oxygen atoms in total. The van der Waals surface area contributed by atoms with Crippen LogP contribution in [0, 0.1) is 5.92 Å². The van der Waals surface area contributed by atoms with Gasteiger partial charge in [-0.1, -0.05) is 18.2 Å². The Morgan fingerprint density at radius 1 is 1.17 bits per heavy atom. The maximum atomic E-state index is 5.71. The molecular weight excluding hydrogens is 242 g/mol. The van der Waals surface area contributed by atoms with Crippen molar-refractivity contribution >= 4 is 11.8 Å². The second kappa shape index (κ2) is 5.98. The molecule has 3 rings (SSSR count). The van der Waals surface area contributed by atoms with Crippen LogP contribution in [-0.4, -0.2) is 31.2 Å². The summed E-state index contributed by atoms with van der Waals surface area (Å²) in [6.07, 6.45) is 2.77. The first-order valence-electron chi connectivity index (χ1n) is 6.93. The summed E-state index contributed by atoms with van der Waals surface area (Å²) < 4.78 is 5.71. The molecule has 0 aromatic heterocycles. The summed E-state index contributed by atoms with van der Waals surface area (Å²) in [4.78, 5) is 0. The van der Waals surface area contributed by atoms with Crippen LogP contribution in [0.1, 0.15) is 24.3 Å². The number of para-hydroxylation sites is 1. The molecule has 98 valence electrons. The first-order chi connectivity index (χ1) is 8.93. The third-order valence-electron chi connectivity index (χ3n) is 3.96. The van der Waals surface area contributed by atoms with Crippen molar-refractivity contribution < 1.29 is 4.74 Å². The van der Waals surface area contributed by atoms with Gasteiger partial charge in [0, 0.05) is 18.0 Å². The molecule has 0 saturated carbocycles. The fraction of sp³-hybridized carbons (Fsp3) is 0.600. The van der Waals surface area contributed by atoms with Crippen LogP contribution < -0.4 is 10.1 Å². The zero-order valence-corrected chi connectivity index (χ0v) is 11.5. The van der Waals surface area contributed by atoms with Crippen molar-refractivity contribution in [2.24, 2.45) is 5.92 Å². The summed E-state index contributed by atoms with van der Waals surface area (Å²) in [6.45, 7) is 3.08. The summed E-state index contributed by atoms with van der Waals surface area (Å²) >= 11 is 2.10. The fourth-order valence-corrected chi connectivity index (χ4v) is 4.01. The van der Waals surface area contributed by atoms with E-state index in [-0.39, 0.29) is 0 Å². The number of thioether (sulfide) groups is 1. The molecule has 18 heavy (non-hydrogen) atoms. The Morgan fingerprint density at radius 2 is 2.00 bits per heavy atom. The highest BCUT2D eigenvalue weighted by Crippen LogP contribution is 2.32. The molecule has 1 aromatic rings. The van der Waals surface area contributed by atoms with Crippen molar-refractivity contribution in [2.45, 2.75) is 18.8 Å². The highest BCUT2D eigenvalue weighted by molar-refractivity contribution is 7.99. The van der Waals surface area contributed by atoms with Gasteiger partial charge in [0.25, 0.3) is 0 Å². The molecule has 1 unspecified atom stereocenters. The fourth-order valence-electron chi connectivity index (χ4n) is 2.81. The minimum atomic E-state index is 0.541. The molecule has 2 heterocycles. The van der Waals surface area contributed by atoms with E-state index in [9.17, 15) is 0 Å². The van der Waals surface area contributed by atoms with E-state index < -0.39 is 0 Å². The molecule has 0 spiro atoms. The Hall–Kier alpha value is -0.670. The lowest BCUT2D eigenvalue weighted by molar-refractivity contribution is 0.322. The minimum absolute atomic E-state index is 0.541. The molecule has 1 N–H and O–H groups in total. The summed E-state index contributed by atoms with van der Waals surface area (Å²) in [6, 6.07) is 8.44. The Bertz CT molecular complexity index is 390. The summed E-state index contributed by atoms with van der Waals surface area (Å²) in [5.74, 6) is 5.21. The SMILES string of the molecule is c1ccc2c(c1)OCC2CNCC1CCSCC1. The predicted molar refractivity (Wildman–Crippen MR) is 77.6 cm³/mol. The molecular formula is C15H21NOS. The zero-order valence-electron chi connectivity index (χ0n) is 10.7. The number of rotatable bonds is 4. The predicted octanol–water partition coefficient (Wildman–Crippen LogP) is 2.90. The van der Waals surface area contributed by atoms with Gasteiger partial charge in [-0.3, -0.25) is 0 Å². The van der Waals surface area contributed by atoms with Gasteiger partial charge >= 0.3 is 0 Å². The van der Waals surface area contributed by atoms with E-state index in [4.69, 9.17) is 4.74 Å². The van der Waals surface area contributed by atoms with Crippen LogP contribution in [-0.2, 0) is 0 Å². The third kappa shape index (κ3) is 2.83. The van der Waals surface area contributed by atoms with E-state index >= 15 is 0 Å². The molecule has 1 fully saturated rings. The van der Waals surface area contributed by atoms with Crippen LogP contribution in [0.15, 0.2) is 24.3 Å². The van der Waals surface area contributed by atoms with E-state index in [1.54, 1.807) is 0 Å². The van der Waals surface area contributed by atoms with Gasteiger partial charge in [-0.05, 0) is 42.9 Å². The first-order valence-corrected chi connectivity index (χ1v) is 8.09. The molecule has 1 atom stereocenters. The number of benzene rings is 1. The lowest BCUT2D eigenvalue weighted by atomic mass is 10.00. The van der Waals surface area contributed by atoms with Gasteiger partial charge in [0.05, 0.1) is 6.61 Å². The number of hydrogen-bond donors (Lipinski definition) is 1. The van der Waals surface area contributed by atoms with Crippen molar-refractivity contribution in [3.05, 3.63) is 29.8 Å². The molecule has 3 heteroatoms. The lowest BCUT2D eigenvalue weighted by Gasteiger charge is -2.22. The van der Waals surface area contributed by atoms with E-state index in [1.165, 1.54) is 36.5 Å². The monoisotopic (exact) mass is 263 g/mol. The smallest absolute Gasteiger partial charge is 0.122 e. The maximum Gasteiger partial charge on any atom is 0.122 e. The van der Waals surface area contributed by atoms with Gasteiger partial charge in [-0.2, -0.15) is 11.8 Å². The molecule has 2 aliphatic rings. The van der Waals surface area contributed by atoms with E-state index in [2.05, 4.69) is 35.3 Å². The highest BCUT2D eigenvalue weighted by Gasteiger charge is 2.23. The topological polar surface area (TPSA) is 21.3 Å². The molecule has 1 saturated heterocycles. The van der Waals surface area contributed by atoms with Gasteiger partial charge in [0.1, 0.15) is 5.75 Å². The van der Waals surface area contributed by atoms with Crippen LogP contribution in [0.3, 0.4) is 0 Å². The number of nitrogens with one attached hydrogen (secondary N) is 1. The van der Waals surface area contributed by atoms with Crippen LogP contribution in [0.2, 0.25) is 0 Å². The standard InChI is InChI=1S/C15H21NOS/c1-2-4-15-14(3-1)13(11-17-15)10-16-9-12-5-7-18-8-6-12/h1-4,12-13,16H,5-11H2. The van der Waals surface area contributed by atoms with Crippen molar-refractivity contribution in [3.63, 3.8) is 0 Å². The Labute approximate surface area is 113 Å². The third-order valence-corrected chi connectivity index (χ3v) is 5.01. The Morgan fingerprint density at radius 3 is 2.89 bits per heavy atom. The van der Waals surface area contributed by atoms with E-state index in [1.807, 2.05) is 6.07 Å². The summed E-state index contributed by atoms with van der Waals surface area (Å²) in [5, 5.41) is 3.65. The molecule has 0 bridgehead atoms. The average Bonchev–Trinajstić information content (AvgIpc) is 2.84. The lowest BCUT2D eigenvalue weighted by Crippen LogP contribution is -2.29. The van der Waals surface area contributed by atoms with Crippen LogP contribution >= 0.6 is 11.8 Å². The molecule has 1 aromatic carbocycles. The highest BCUT2D eigenvalue weighted by atomic mass is 32.2. The van der Waals surface area contributed by atoms with Gasteiger partial charge in [0.2, 0.25) is 0 Å². The number of ether oxygens (including phenoxy) is 1. The van der Waals surface area contributed by atoms with Crippen LogP contribution in [0.4, 0.5) is 0 Å².